The molecular formula is C16H13ClN4O3S. The second-order valence-electron chi connectivity index (χ2n) is 5.23. The van der Waals surface area contributed by atoms with E-state index in [9.17, 15) is 13.2 Å². The summed E-state index contributed by atoms with van der Waals surface area (Å²) in [4.78, 5) is 16.3. The normalized spacial score (nSPS) is 11.3. The Kier molecular flexibility index (Phi) is 4.56. The third-order valence-electron chi connectivity index (χ3n) is 3.41. The molecule has 128 valence electrons. The number of carbonyl (C=O) groups is 1. The lowest BCUT2D eigenvalue weighted by molar-refractivity contribution is 0.102. The Morgan fingerprint density at radius 3 is 2.64 bits per heavy atom. The summed E-state index contributed by atoms with van der Waals surface area (Å²) in [6.45, 7) is 0. The number of sulfone groups is 1. The Morgan fingerprint density at radius 1 is 1.20 bits per heavy atom. The number of halogens is 1. The zero-order valence-corrected chi connectivity index (χ0v) is 14.6. The lowest BCUT2D eigenvalue weighted by Gasteiger charge is -2.11. The van der Waals surface area contributed by atoms with Gasteiger partial charge in [0.1, 0.15) is 12.7 Å². The van der Waals surface area contributed by atoms with Crippen LogP contribution in [0.5, 0.6) is 0 Å². The fraction of sp³-hybridized carbons (Fsp3) is 0.0625. The van der Waals surface area contributed by atoms with E-state index < -0.39 is 15.7 Å². The van der Waals surface area contributed by atoms with Gasteiger partial charge in [-0.3, -0.25) is 4.79 Å². The maximum absolute atomic E-state index is 12.5. The largest absolute Gasteiger partial charge is 0.320 e. The van der Waals surface area contributed by atoms with E-state index in [1.54, 1.807) is 24.3 Å². The Labute approximate surface area is 149 Å². The number of amides is 1. The van der Waals surface area contributed by atoms with Crippen LogP contribution in [0, 0.1) is 0 Å². The van der Waals surface area contributed by atoms with Crippen LogP contribution < -0.4 is 5.32 Å². The van der Waals surface area contributed by atoms with Gasteiger partial charge in [0.25, 0.3) is 5.91 Å². The van der Waals surface area contributed by atoms with E-state index in [1.807, 2.05) is 0 Å². The van der Waals surface area contributed by atoms with E-state index >= 15 is 0 Å². The Hall–Kier alpha value is -2.71. The summed E-state index contributed by atoms with van der Waals surface area (Å²) in [7, 11) is -3.54. The number of rotatable bonds is 4. The number of benzene rings is 2. The van der Waals surface area contributed by atoms with Crippen LogP contribution in [0.25, 0.3) is 5.69 Å². The van der Waals surface area contributed by atoms with E-state index in [2.05, 4.69) is 15.4 Å². The van der Waals surface area contributed by atoms with Gasteiger partial charge in [0.2, 0.25) is 0 Å². The highest BCUT2D eigenvalue weighted by Crippen LogP contribution is 2.24. The second kappa shape index (κ2) is 6.66. The molecule has 1 aromatic heterocycles. The average Bonchev–Trinajstić information content (AvgIpc) is 3.09. The molecule has 2 aromatic carbocycles. The maximum Gasteiger partial charge on any atom is 0.255 e. The Bertz CT molecular complexity index is 1030. The third-order valence-corrected chi connectivity index (χ3v) is 4.99. The molecule has 0 fully saturated rings. The number of nitrogens with zero attached hydrogens (tertiary/aromatic N) is 3. The standard InChI is InChI=1S/C16H13ClN4O3S/c1-25(23,24)15-8-11(6-7-12(15)17)16(22)20-13-4-2-3-5-14(13)21-10-18-9-19-21/h2-10H,1H3,(H,20,22). The van der Waals surface area contributed by atoms with Crippen molar-refractivity contribution in [3.05, 3.63) is 65.7 Å². The highest BCUT2D eigenvalue weighted by atomic mass is 35.5. The first kappa shape index (κ1) is 17.1. The molecule has 0 unspecified atom stereocenters. The van der Waals surface area contributed by atoms with Gasteiger partial charge in [-0.25, -0.2) is 18.1 Å². The summed E-state index contributed by atoms with van der Waals surface area (Å²) in [6.07, 6.45) is 3.93. The van der Waals surface area contributed by atoms with Crippen LogP contribution >= 0.6 is 11.6 Å². The summed E-state index contributed by atoms with van der Waals surface area (Å²) in [5.41, 5.74) is 1.32. The first-order chi connectivity index (χ1) is 11.9. The maximum atomic E-state index is 12.5. The Balaban J connectivity index is 1.95. The van der Waals surface area contributed by atoms with Crippen molar-refractivity contribution in [1.29, 1.82) is 0 Å². The second-order valence-corrected chi connectivity index (χ2v) is 7.62. The molecule has 0 aliphatic heterocycles. The van der Waals surface area contributed by atoms with Crippen LogP contribution in [0.4, 0.5) is 5.69 Å². The van der Waals surface area contributed by atoms with Crippen molar-refractivity contribution < 1.29 is 13.2 Å². The van der Waals surface area contributed by atoms with Crippen LogP contribution in [-0.2, 0) is 9.84 Å². The first-order valence-electron chi connectivity index (χ1n) is 7.11. The molecule has 0 saturated carbocycles. The zero-order valence-electron chi connectivity index (χ0n) is 13.0. The van der Waals surface area contributed by atoms with Gasteiger partial charge < -0.3 is 5.32 Å². The average molecular weight is 377 g/mol. The summed E-state index contributed by atoms with van der Waals surface area (Å²) < 4.78 is 25.0. The number of para-hydroxylation sites is 2. The highest BCUT2D eigenvalue weighted by molar-refractivity contribution is 7.90. The third kappa shape index (κ3) is 3.70. The van der Waals surface area contributed by atoms with Crippen molar-refractivity contribution in [3.63, 3.8) is 0 Å². The molecule has 3 rings (SSSR count). The summed E-state index contributed by atoms with van der Waals surface area (Å²) in [6, 6.07) is 11.2. The first-order valence-corrected chi connectivity index (χ1v) is 9.38. The van der Waals surface area contributed by atoms with Gasteiger partial charge in [-0.2, -0.15) is 5.10 Å². The molecule has 3 aromatic rings. The topological polar surface area (TPSA) is 94.0 Å². The minimum atomic E-state index is -3.54. The molecule has 7 nitrogen and oxygen atoms in total. The molecule has 0 aliphatic rings. The molecule has 0 saturated heterocycles. The van der Waals surface area contributed by atoms with Gasteiger partial charge in [-0.15, -0.1) is 0 Å². The van der Waals surface area contributed by atoms with Crippen molar-refractivity contribution in [1.82, 2.24) is 14.8 Å². The minimum Gasteiger partial charge on any atom is -0.320 e. The van der Waals surface area contributed by atoms with Crippen molar-refractivity contribution >= 4 is 33.0 Å². The smallest absolute Gasteiger partial charge is 0.255 e. The van der Waals surface area contributed by atoms with E-state index in [0.29, 0.717) is 11.4 Å². The predicted octanol–water partition coefficient (Wildman–Crippen LogP) is 2.58. The zero-order chi connectivity index (χ0) is 18.0. The van der Waals surface area contributed by atoms with Crippen molar-refractivity contribution in [3.8, 4) is 5.69 Å². The summed E-state index contributed by atoms with van der Waals surface area (Å²) in [5.74, 6) is -0.464. The van der Waals surface area contributed by atoms with Crippen molar-refractivity contribution in [2.75, 3.05) is 11.6 Å². The van der Waals surface area contributed by atoms with Crippen LogP contribution in [-0.4, -0.2) is 35.3 Å². The highest BCUT2D eigenvalue weighted by Gasteiger charge is 2.17. The molecule has 0 bridgehead atoms. The van der Waals surface area contributed by atoms with Crippen LogP contribution in [0.1, 0.15) is 10.4 Å². The molecule has 25 heavy (non-hydrogen) atoms. The number of carbonyl (C=O) groups excluding carboxylic acids is 1. The fourth-order valence-electron chi connectivity index (χ4n) is 2.23. The number of aromatic nitrogens is 3. The lowest BCUT2D eigenvalue weighted by Crippen LogP contribution is -2.14. The SMILES string of the molecule is CS(=O)(=O)c1cc(C(=O)Nc2ccccc2-n2cncn2)ccc1Cl. The number of anilines is 1. The molecule has 1 N–H and O–H groups in total. The van der Waals surface area contributed by atoms with Gasteiger partial charge in [0.05, 0.1) is 21.3 Å². The quantitative estimate of drug-likeness (QED) is 0.755. The van der Waals surface area contributed by atoms with Crippen LogP contribution in [0.3, 0.4) is 0 Å². The van der Waals surface area contributed by atoms with Crippen molar-refractivity contribution in [2.45, 2.75) is 4.90 Å². The lowest BCUT2D eigenvalue weighted by atomic mass is 10.2. The van der Waals surface area contributed by atoms with E-state index in [0.717, 1.165) is 6.26 Å². The van der Waals surface area contributed by atoms with Gasteiger partial charge in [-0.1, -0.05) is 23.7 Å². The summed E-state index contributed by atoms with van der Waals surface area (Å²) in [5, 5.41) is 6.86. The molecule has 9 heteroatoms. The van der Waals surface area contributed by atoms with Gasteiger partial charge >= 0.3 is 0 Å². The molecule has 0 radical (unpaired) electrons. The predicted molar refractivity (Wildman–Crippen MR) is 93.9 cm³/mol. The van der Waals surface area contributed by atoms with Crippen LogP contribution in [0.2, 0.25) is 5.02 Å². The van der Waals surface area contributed by atoms with Gasteiger partial charge in [0.15, 0.2) is 9.84 Å². The van der Waals surface area contributed by atoms with E-state index in [4.69, 9.17) is 11.6 Å². The number of hydrogen-bond donors (Lipinski definition) is 1. The monoisotopic (exact) mass is 376 g/mol. The minimum absolute atomic E-state index is 0.0714. The number of hydrogen-bond acceptors (Lipinski definition) is 5. The summed E-state index contributed by atoms with van der Waals surface area (Å²) >= 11 is 5.91. The van der Waals surface area contributed by atoms with Gasteiger partial charge in [-0.05, 0) is 30.3 Å². The van der Waals surface area contributed by atoms with E-state index in [-0.39, 0.29) is 15.5 Å². The molecule has 1 heterocycles. The fourth-order valence-corrected chi connectivity index (χ4v) is 3.54. The number of nitrogens with one attached hydrogen (secondary N) is 1. The molecular weight excluding hydrogens is 364 g/mol. The molecule has 0 atom stereocenters. The molecule has 1 amide bonds. The van der Waals surface area contributed by atoms with E-state index in [1.165, 1.54) is 35.5 Å². The van der Waals surface area contributed by atoms with Crippen molar-refractivity contribution in [2.24, 2.45) is 0 Å². The van der Waals surface area contributed by atoms with Gasteiger partial charge in [0, 0.05) is 11.8 Å². The van der Waals surface area contributed by atoms with Crippen LogP contribution in [0.15, 0.2) is 60.0 Å². The Morgan fingerprint density at radius 2 is 1.96 bits per heavy atom. The molecule has 0 spiro atoms. The molecule has 0 aliphatic carbocycles.